The van der Waals surface area contributed by atoms with Gasteiger partial charge >= 0.3 is 0 Å². The van der Waals surface area contributed by atoms with Gasteiger partial charge in [0.05, 0.1) is 6.61 Å². The van der Waals surface area contributed by atoms with Crippen molar-refractivity contribution in [3.05, 3.63) is 70.7 Å². The zero-order valence-corrected chi connectivity index (χ0v) is 13.1. The van der Waals surface area contributed by atoms with Crippen LogP contribution >= 0.6 is 27.5 Å². The molecule has 100 valence electrons. The summed E-state index contributed by atoms with van der Waals surface area (Å²) >= 11 is 9.42. The number of rotatable bonds is 5. The van der Waals surface area contributed by atoms with Gasteiger partial charge in [-0.05, 0) is 30.2 Å². The van der Waals surface area contributed by atoms with Crippen LogP contribution in [0.25, 0.3) is 0 Å². The predicted molar refractivity (Wildman–Crippen MR) is 83.8 cm³/mol. The molecule has 0 saturated carbocycles. The lowest BCUT2D eigenvalue weighted by molar-refractivity contribution is -0.0289. The number of ether oxygens (including phenoxy) is 1. The van der Waals surface area contributed by atoms with Crippen molar-refractivity contribution in [3.8, 4) is 0 Å². The van der Waals surface area contributed by atoms with E-state index in [4.69, 9.17) is 16.3 Å². The molecule has 2 aromatic rings. The molecule has 0 aromatic heterocycles. The van der Waals surface area contributed by atoms with Gasteiger partial charge in [0.15, 0.2) is 0 Å². The van der Waals surface area contributed by atoms with Crippen molar-refractivity contribution in [2.45, 2.75) is 19.1 Å². The smallest absolute Gasteiger partial charge is 0.100 e. The van der Waals surface area contributed by atoms with E-state index >= 15 is 0 Å². The highest BCUT2D eigenvalue weighted by Gasteiger charge is 2.25. The maximum absolute atomic E-state index is 6.10. The number of halogens is 2. The van der Waals surface area contributed by atoms with E-state index in [2.05, 4.69) is 35.0 Å². The van der Waals surface area contributed by atoms with Crippen LogP contribution in [-0.2, 0) is 16.9 Å². The van der Waals surface area contributed by atoms with E-state index in [1.54, 1.807) is 0 Å². The predicted octanol–water partition coefficient (Wildman–Crippen LogP) is 5.17. The van der Waals surface area contributed by atoms with E-state index < -0.39 is 0 Å². The molecule has 1 nitrogen and oxygen atoms in total. The summed E-state index contributed by atoms with van der Waals surface area (Å²) in [6.07, 6.45) is 0. The molecule has 0 fully saturated rings. The van der Waals surface area contributed by atoms with Gasteiger partial charge in [-0.15, -0.1) is 0 Å². The van der Waals surface area contributed by atoms with Crippen LogP contribution in [0.4, 0.5) is 0 Å². The molecule has 19 heavy (non-hydrogen) atoms. The molecule has 0 N–H and O–H groups in total. The lowest BCUT2D eigenvalue weighted by Gasteiger charge is -2.28. The average Bonchev–Trinajstić information content (AvgIpc) is 2.47. The molecule has 0 saturated heterocycles. The topological polar surface area (TPSA) is 9.23 Å². The van der Waals surface area contributed by atoms with Crippen molar-refractivity contribution in [1.29, 1.82) is 0 Å². The molecule has 1 atom stereocenters. The fourth-order valence-corrected chi connectivity index (χ4v) is 2.42. The third kappa shape index (κ3) is 3.82. The van der Waals surface area contributed by atoms with Crippen LogP contribution in [0.1, 0.15) is 18.1 Å². The van der Waals surface area contributed by atoms with Crippen LogP contribution < -0.4 is 0 Å². The Kier molecular flexibility index (Phi) is 5.03. The zero-order valence-electron chi connectivity index (χ0n) is 10.8. The fourth-order valence-electron chi connectivity index (χ4n) is 1.81. The minimum atomic E-state index is -0.332. The first kappa shape index (κ1) is 14.6. The molecule has 0 aliphatic carbocycles. The van der Waals surface area contributed by atoms with Crippen molar-refractivity contribution in [2.24, 2.45) is 0 Å². The molecule has 0 aliphatic rings. The Bertz CT molecular complexity index is 512. The SMILES string of the molecule is CC(CBr)(OCc1ccc(Cl)cc1)c1ccccc1. The van der Waals surface area contributed by atoms with Gasteiger partial charge in [0.25, 0.3) is 0 Å². The first-order valence-corrected chi connectivity index (χ1v) is 7.64. The standard InChI is InChI=1S/C16H16BrClO/c1-16(12-17,14-5-3-2-4-6-14)19-11-13-7-9-15(18)10-8-13/h2-10H,11-12H2,1H3. The van der Waals surface area contributed by atoms with Gasteiger partial charge in [-0.2, -0.15) is 0 Å². The Labute approximate surface area is 127 Å². The van der Waals surface area contributed by atoms with Crippen LogP contribution in [0.5, 0.6) is 0 Å². The molecular formula is C16H16BrClO. The second-order valence-corrected chi connectivity index (χ2v) is 5.64. The molecule has 2 aromatic carbocycles. The Morgan fingerprint density at radius 3 is 2.26 bits per heavy atom. The van der Waals surface area contributed by atoms with Crippen molar-refractivity contribution < 1.29 is 4.74 Å². The summed E-state index contributed by atoms with van der Waals surface area (Å²) in [5.41, 5.74) is 1.95. The highest BCUT2D eigenvalue weighted by molar-refractivity contribution is 9.09. The molecule has 0 radical (unpaired) electrons. The zero-order chi connectivity index (χ0) is 13.7. The monoisotopic (exact) mass is 338 g/mol. The fraction of sp³-hybridized carbons (Fsp3) is 0.250. The number of benzene rings is 2. The summed E-state index contributed by atoms with van der Waals surface area (Å²) in [6, 6.07) is 18.0. The summed E-state index contributed by atoms with van der Waals surface area (Å²) in [5, 5.41) is 1.49. The van der Waals surface area contributed by atoms with Crippen molar-refractivity contribution >= 4 is 27.5 Å². The molecule has 2 rings (SSSR count). The summed E-state index contributed by atoms with van der Waals surface area (Å²) in [5.74, 6) is 0. The molecule has 0 bridgehead atoms. The second kappa shape index (κ2) is 6.56. The summed E-state index contributed by atoms with van der Waals surface area (Å²) < 4.78 is 6.10. The van der Waals surface area contributed by atoms with E-state index in [-0.39, 0.29) is 5.60 Å². The molecule has 0 amide bonds. The molecular weight excluding hydrogens is 324 g/mol. The average molecular weight is 340 g/mol. The van der Waals surface area contributed by atoms with Crippen molar-refractivity contribution in [3.63, 3.8) is 0 Å². The highest BCUT2D eigenvalue weighted by atomic mass is 79.9. The molecule has 0 heterocycles. The minimum Gasteiger partial charge on any atom is -0.365 e. The normalized spacial score (nSPS) is 14.1. The van der Waals surface area contributed by atoms with E-state index in [9.17, 15) is 0 Å². The summed E-state index contributed by atoms with van der Waals surface area (Å²) in [6.45, 7) is 2.65. The third-order valence-electron chi connectivity index (χ3n) is 3.11. The number of hydrogen-bond acceptors (Lipinski definition) is 1. The Hall–Kier alpha value is -0.830. The van der Waals surface area contributed by atoms with Crippen LogP contribution in [0.3, 0.4) is 0 Å². The summed E-state index contributed by atoms with van der Waals surface area (Å²) in [7, 11) is 0. The Balaban J connectivity index is 2.09. The first-order valence-electron chi connectivity index (χ1n) is 6.14. The lowest BCUT2D eigenvalue weighted by atomic mass is 9.98. The first-order chi connectivity index (χ1) is 9.14. The molecule has 1 unspecified atom stereocenters. The van der Waals surface area contributed by atoms with Crippen molar-refractivity contribution in [1.82, 2.24) is 0 Å². The van der Waals surface area contributed by atoms with Gasteiger partial charge in [-0.25, -0.2) is 0 Å². The van der Waals surface area contributed by atoms with Crippen molar-refractivity contribution in [2.75, 3.05) is 5.33 Å². The third-order valence-corrected chi connectivity index (χ3v) is 4.43. The van der Waals surface area contributed by atoms with E-state index in [1.807, 2.05) is 42.5 Å². The second-order valence-electron chi connectivity index (χ2n) is 4.65. The van der Waals surface area contributed by atoms with E-state index in [1.165, 1.54) is 5.56 Å². The van der Waals surface area contributed by atoms with Crippen LogP contribution in [0, 0.1) is 0 Å². The maximum atomic E-state index is 6.10. The van der Waals surface area contributed by atoms with Gasteiger partial charge in [-0.3, -0.25) is 0 Å². The van der Waals surface area contributed by atoms with E-state index in [0.29, 0.717) is 6.61 Å². The molecule has 0 spiro atoms. The van der Waals surface area contributed by atoms with Gasteiger partial charge in [0, 0.05) is 10.4 Å². The van der Waals surface area contributed by atoms with Gasteiger partial charge in [0.2, 0.25) is 0 Å². The lowest BCUT2D eigenvalue weighted by Crippen LogP contribution is -2.27. The number of alkyl halides is 1. The van der Waals surface area contributed by atoms with Gasteiger partial charge in [-0.1, -0.05) is 70.0 Å². The van der Waals surface area contributed by atoms with Crippen LogP contribution in [-0.4, -0.2) is 5.33 Å². The minimum absolute atomic E-state index is 0.332. The number of hydrogen-bond donors (Lipinski definition) is 0. The Morgan fingerprint density at radius 1 is 1.05 bits per heavy atom. The van der Waals surface area contributed by atoms with Gasteiger partial charge in [0.1, 0.15) is 5.60 Å². The molecule has 0 aliphatic heterocycles. The highest BCUT2D eigenvalue weighted by Crippen LogP contribution is 2.28. The van der Waals surface area contributed by atoms with E-state index in [0.717, 1.165) is 15.9 Å². The van der Waals surface area contributed by atoms with Gasteiger partial charge < -0.3 is 4.74 Å². The maximum Gasteiger partial charge on any atom is 0.100 e. The quantitative estimate of drug-likeness (QED) is 0.683. The molecule has 3 heteroatoms. The van der Waals surface area contributed by atoms with Crippen LogP contribution in [0.2, 0.25) is 5.02 Å². The largest absolute Gasteiger partial charge is 0.365 e. The Morgan fingerprint density at radius 2 is 1.68 bits per heavy atom. The summed E-state index contributed by atoms with van der Waals surface area (Å²) in [4.78, 5) is 0. The van der Waals surface area contributed by atoms with Crippen LogP contribution in [0.15, 0.2) is 54.6 Å².